The Kier molecular flexibility index (Phi) is 5.01. The van der Waals surface area contributed by atoms with Gasteiger partial charge in [-0.3, -0.25) is 10.2 Å². The first kappa shape index (κ1) is 15.6. The molecule has 0 fully saturated rings. The van der Waals surface area contributed by atoms with Crippen molar-refractivity contribution >= 4 is 29.1 Å². The van der Waals surface area contributed by atoms with Crippen molar-refractivity contribution in [3.05, 3.63) is 63.4 Å². The molecular weight excluding hydrogens is 318 g/mol. The fourth-order valence-corrected chi connectivity index (χ4v) is 2.24. The van der Waals surface area contributed by atoms with E-state index in [0.29, 0.717) is 0 Å². The maximum atomic E-state index is 12.8. The van der Waals surface area contributed by atoms with Crippen molar-refractivity contribution in [1.82, 2.24) is 5.43 Å². The molecule has 4 nitrogen and oxygen atoms in total. The fourth-order valence-electron chi connectivity index (χ4n) is 1.65. The largest absolute Gasteiger partial charge is 0.486 e. The van der Waals surface area contributed by atoms with Gasteiger partial charge in [0.05, 0.1) is 10.0 Å². The van der Waals surface area contributed by atoms with E-state index in [2.05, 4.69) is 0 Å². The number of nitrogens with two attached hydrogens (primary N) is 1. The maximum Gasteiger partial charge on any atom is 0.265 e. The van der Waals surface area contributed by atoms with E-state index in [1.807, 2.05) is 5.43 Å². The molecule has 0 bridgehead atoms. The molecule has 0 saturated heterocycles. The molecule has 7 heteroatoms. The van der Waals surface area contributed by atoms with E-state index >= 15 is 0 Å². The molecular formula is C14H11Cl2FN2O2. The van der Waals surface area contributed by atoms with Crippen LogP contribution in [0.15, 0.2) is 36.4 Å². The first-order valence-corrected chi connectivity index (χ1v) is 6.64. The molecule has 0 aromatic heterocycles. The summed E-state index contributed by atoms with van der Waals surface area (Å²) in [4.78, 5) is 11.4. The molecule has 0 aliphatic heterocycles. The Balaban J connectivity index is 2.17. The number of hydrogen-bond donors (Lipinski definition) is 2. The Morgan fingerprint density at radius 3 is 2.29 bits per heavy atom. The Morgan fingerprint density at radius 1 is 1.19 bits per heavy atom. The van der Waals surface area contributed by atoms with Crippen LogP contribution in [0, 0.1) is 5.82 Å². The second kappa shape index (κ2) is 6.76. The zero-order valence-corrected chi connectivity index (χ0v) is 12.2. The minimum Gasteiger partial charge on any atom is -0.486 e. The third-order valence-electron chi connectivity index (χ3n) is 2.69. The highest BCUT2D eigenvalue weighted by Crippen LogP contribution is 2.34. The van der Waals surface area contributed by atoms with E-state index in [4.69, 9.17) is 33.8 Å². The van der Waals surface area contributed by atoms with E-state index < -0.39 is 5.91 Å². The quantitative estimate of drug-likeness (QED) is 0.514. The lowest BCUT2D eigenvalue weighted by atomic mass is 10.2. The first-order chi connectivity index (χ1) is 10.0. The number of amides is 1. The van der Waals surface area contributed by atoms with Crippen molar-refractivity contribution in [1.29, 1.82) is 0 Å². The summed E-state index contributed by atoms with van der Waals surface area (Å²) >= 11 is 12.1. The van der Waals surface area contributed by atoms with Gasteiger partial charge in [-0.05, 0) is 29.8 Å². The first-order valence-electron chi connectivity index (χ1n) is 5.88. The van der Waals surface area contributed by atoms with Gasteiger partial charge in [-0.2, -0.15) is 0 Å². The van der Waals surface area contributed by atoms with Crippen LogP contribution in [0.25, 0.3) is 0 Å². The molecule has 0 aliphatic rings. The molecule has 1 amide bonds. The highest BCUT2D eigenvalue weighted by Gasteiger charge is 2.13. The number of hydrazine groups is 1. The van der Waals surface area contributed by atoms with Gasteiger partial charge in [0.2, 0.25) is 0 Å². The zero-order chi connectivity index (χ0) is 15.4. The summed E-state index contributed by atoms with van der Waals surface area (Å²) in [5.74, 6) is 4.45. The van der Waals surface area contributed by atoms with E-state index in [9.17, 15) is 9.18 Å². The van der Waals surface area contributed by atoms with Crippen LogP contribution in [0.1, 0.15) is 15.9 Å². The third kappa shape index (κ3) is 3.85. The van der Waals surface area contributed by atoms with Gasteiger partial charge in [0.25, 0.3) is 5.91 Å². The standard InChI is InChI=1S/C14H11Cl2FN2O2/c15-11-5-9(14(20)19-18)6-12(16)13(11)21-7-8-1-3-10(17)4-2-8/h1-6H,7,18H2,(H,19,20). The lowest BCUT2D eigenvalue weighted by Gasteiger charge is -2.11. The van der Waals surface area contributed by atoms with Gasteiger partial charge in [-0.1, -0.05) is 35.3 Å². The summed E-state index contributed by atoms with van der Waals surface area (Å²) in [6, 6.07) is 8.64. The van der Waals surface area contributed by atoms with Crippen LogP contribution < -0.4 is 16.0 Å². The predicted octanol–water partition coefficient (Wildman–Crippen LogP) is 3.32. The second-order valence-electron chi connectivity index (χ2n) is 4.16. The Morgan fingerprint density at radius 2 is 1.76 bits per heavy atom. The predicted molar refractivity (Wildman–Crippen MR) is 78.8 cm³/mol. The van der Waals surface area contributed by atoms with Crippen molar-refractivity contribution in [3.63, 3.8) is 0 Å². The SMILES string of the molecule is NNC(=O)c1cc(Cl)c(OCc2ccc(F)cc2)c(Cl)c1. The van der Waals surface area contributed by atoms with Crippen molar-refractivity contribution in [3.8, 4) is 5.75 Å². The van der Waals surface area contributed by atoms with Crippen LogP contribution in [0.2, 0.25) is 10.0 Å². The van der Waals surface area contributed by atoms with Gasteiger partial charge in [0, 0.05) is 5.56 Å². The molecule has 3 N–H and O–H groups in total. The summed E-state index contributed by atoms with van der Waals surface area (Å²) in [6.07, 6.45) is 0. The number of halogens is 3. The summed E-state index contributed by atoms with van der Waals surface area (Å²) in [5, 5.41) is 0.367. The van der Waals surface area contributed by atoms with Gasteiger partial charge in [0.15, 0.2) is 5.75 Å². The zero-order valence-electron chi connectivity index (χ0n) is 10.7. The summed E-state index contributed by atoms with van der Waals surface area (Å²) < 4.78 is 18.3. The minimum absolute atomic E-state index is 0.169. The molecule has 0 aliphatic carbocycles. The molecule has 0 spiro atoms. The smallest absolute Gasteiger partial charge is 0.265 e. The van der Waals surface area contributed by atoms with Crippen LogP contribution >= 0.6 is 23.2 Å². The number of benzene rings is 2. The number of nitrogen functional groups attached to an aromatic ring is 1. The van der Waals surface area contributed by atoms with Gasteiger partial charge < -0.3 is 4.74 Å². The van der Waals surface area contributed by atoms with E-state index in [-0.39, 0.29) is 33.8 Å². The molecule has 2 aromatic carbocycles. The Bertz CT molecular complexity index is 640. The van der Waals surface area contributed by atoms with Crippen LogP contribution in [0.4, 0.5) is 4.39 Å². The average Bonchev–Trinajstić information content (AvgIpc) is 2.47. The van der Waals surface area contributed by atoms with Crippen LogP contribution in [0.3, 0.4) is 0 Å². The average molecular weight is 329 g/mol. The topological polar surface area (TPSA) is 64.3 Å². The van der Waals surface area contributed by atoms with Gasteiger partial charge in [-0.15, -0.1) is 0 Å². The molecule has 0 heterocycles. The Labute approximate surface area is 130 Å². The van der Waals surface area contributed by atoms with E-state index in [1.165, 1.54) is 24.3 Å². The normalized spacial score (nSPS) is 10.3. The van der Waals surface area contributed by atoms with Crippen LogP contribution in [-0.4, -0.2) is 5.91 Å². The number of ether oxygens (including phenoxy) is 1. The second-order valence-corrected chi connectivity index (χ2v) is 4.97. The summed E-state index contributed by atoms with van der Waals surface area (Å²) in [5.41, 5.74) is 2.97. The molecule has 0 unspecified atom stereocenters. The molecule has 0 atom stereocenters. The highest BCUT2D eigenvalue weighted by molar-refractivity contribution is 6.37. The highest BCUT2D eigenvalue weighted by atomic mass is 35.5. The summed E-state index contributed by atoms with van der Waals surface area (Å²) in [6.45, 7) is 0.169. The molecule has 2 aromatic rings. The van der Waals surface area contributed by atoms with E-state index in [0.717, 1.165) is 5.56 Å². The maximum absolute atomic E-state index is 12.8. The van der Waals surface area contributed by atoms with E-state index in [1.54, 1.807) is 12.1 Å². The van der Waals surface area contributed by atoms with Gasteiger partial charge in [0.1, 0.15) is 12.4 Å². The van der Waals surface area contributed by atoms with Crippen molar-refractivity contribution in [2.24, 2.45) is 5.84 Å². The van der Waals surface area contributed by atoms with Gasteiger partial charge >= 0.3 is 0 Å². The van der Waals surface area contributed by atoms with Crippen molar-refractivity contribution in [2.75, 3.05) is 0 Å². The number of hydrogen-bond acceptors (Lipinski definition) is 3. The molecule has 0 saturated carbocycles. The minimum atomic E-state index is -0.510. The Hall–Kier alpha value is -1.82. The molecule has 21 heavy (non-hydrogen) atoms. The van der Waals surface area contributed by atoms with Gasteiger partial charge in [-0.25, -0.2) is 10.2 Å². The molecule has 110 valence electrons. The third-order valence-corrected chi connectivity index (χ3v) is 3.25. The van der Waals surface area contributed by atoms with Crippen LogP contribution in [0.5, 0.6) is 5.75 Å². The number of nitrogens with one attached hydrogen (secondary N) is 1. The monoisotopic (exact) mass is 328 g/mol. The lowest BCUT2D eigenvalue weighted by Crippen LogP contribution is -2.29. The lowest BCUT2D eigenvalue weighted by molar-refractivity contribution is 0.0953. The molecule has 2 rings (SSSR count). The number of carbonyl (C=O) groups is 1. The number of carbonyl (C=O) groups excluding carboxylic acids is 1. The van der Waals surface area contributed by atoms with Crippen LogP contribution in [-0.2, 0) is 6.61 Å². The van der Waals surface area contributed by atoms with Crippen molar-refractivity contribution in [2.45, 2.75) is 6.61 Å². The molecule has 0 radical (unpaired) electrons. The van der Waals surface area contributed by atoms with Crippen molar-refractivity contribution < 1.29 is 13.9 Å². The fraction of sp³-hybridized carbons (Fsp3) is 0.0714. The number of rotatable bonds is 4. The summed E-state index contributed by atoms with van der Waals surface area (Å²) in [7, 11) is 0.